The molecule has 0 aromatic carbocycles. The third-order valence-corrected chi connectivity index (χ3v) is 3.03. The molecule has 2 rings (SSSR count). The van der Waals surface area contributed by atoms with E-state index in [-0.39, 0.29) is 0 Å². The molecule has 0 saturated heterocycles. The third kappa shape index (κ3) is 1.22. The lowest BCUT2D eigenvalue weighted by Gasteiger charge is -2.26. The Morgan fingerprint density at radius 2 is 2.33 bits per heavy atom. The number of fused-ring (bicyclic) bond motifs is 1. The number of rotatable bonds is 1. The van der Waals surface area contributed by atoms with E-state index in [2.05, 4.69) is 17.4 Å². The van der Waals surface area contributed by atoms with Gasteiger partial charge in [0.2, 0.25) is 0 Å². The molecule has 0 spiro atoms. The Labute approximate surface area is 74.2 Å². The molecule has 0 amide bonds. The van der Waals surface area contributed by atoms with Crippen LogP contribution in [0.2, 0.25) is 0 Å². The van der Waals surface area contributed by atoms with Crippen LogP contribution >= 0.6 is 0 Å². The lowest BCUT2D eigenvalue weighted by atomic mass is 9.81. The molecule has 1 saturated carbocycles. The summed E-state index contributed by atoms with van der Waals surface area (Å²) in [4.78, 5) is 0. The van der Waals surface area contributed by atoms with E-state index in [0.29, 0.717) is 6.04 Å². The highest BCUT2D eigenvalue weighted by molar-refractivity contribution is 5.21. The summed E-state index contributed by atoms with van der Waals surface area (Å²) in [5.74, 6) is 3.49. The maximum atomic E-state index is 5.31. The largest absolute Gasteiger partial charge is 0.388 e. The molecule has 0 radical (unpaired) electrons. The van der Waals surface area contributed by atoms with Gasteiger partial charge >= 0.3 is 0 Å². The van der Waals surface area contributed by atoms with E-state index in [4.69, 9.17) is 6.42 Å². The van der Waals surface area contributed by atoms with E-state index < -0.39 is 0 Å². The SMILES string of the molecule is C#CCC1=CNC2CCCC[C@H]12. The van der Waals surface area contributed by atoms with Crippen molar-refractivity contribution < 1.29 is 0 Å². The number of hydrogen-bond acceptors (Lipinski definition) is 1. The molecular formula is C11H15N. The van der Waals surface area contributed by atoms with Gasteiger partial charge in [0.15, 0.2) is 0 Å². The van der Waals surface area contributed by atoms with Crippen molar-refractivity contribution in [2.45, 2.75) is 38.1 Å². The van der Waals surface area contributed by atoms with Gasteiger partial charge in [-0.05, 0) is 24.6 Å². The second kappa shape index (κ2) is 3.23. The molecule has 1 unspecified atom stereocenters. The smallest absolute Gasteiger partial charge is 0.0322 e. The highest BCUT2D eigenvalue weighted by atomic mass is 14.9. The van der Waals surface area contributed by atoms with Crippen molar-refractivity contribution in [1.82, 2.24) is 5.32 Å². The van der Waals surface area contributed by atoms with Gasteiger partial charge in [-0.3, -0.25) is 0 Å². The maximum absolute atomic E-state index is 5.31. The van der Waals surface area contributed by atoms with Crippen LogP contribution in [0.4, 0.5) is 0 Å². The van der Waals surface area contributed by atoms with Gasteiger partial charge < -0.3 is 5.32 Å². The molecule has 0 bridgehead atoms. The topological polar surface area (TPSA) is 12.0 Å². The molecule has 1 N–H and O–H groups in total. The zero-order valence-corrected chi connectivity index (χ0v) is 7.34. The molecule has 64 valence electrons. The number of hydrogen-bond donors (Lipinski definition) is 1. The lowest BCUT2D eigenvalue weighted by Crippen LogP contribution is -2.30. The van der Waals surface area contributed by atoms with E-state index in [1.807, 2.05) is 0 Å². The first kappa shape index (κ1) is 7.73. The normalized spacial score (nSPS) is 33.1. The fraction of sp³-hybridized carbons (Fsp3) is 0.636. The van der Waals surface area contributed by atoms with Crippen molar-refractivity contribution in [3.05, 3.63) is 11.8 Å². The van der Waals surface area contributed by atoms with Crippen LogP contribution < -0.4 is 5.32 Å². The van der Waals surface area contributed by atoms with Gasteiger partial charge in [-0.1, -0.05) is 12.8 Å². The van der Waals surface area contributed by atoms with Crippen molar-refractivity contribution in [3.8, 4) is 12.3 Å². The van der Waals surface area contributed by atoms with Gasteiger partial charge in [0, 0.05) is 18.4 Å². The predicted molar refractivity (Wildman–Crippen MR) is 50.4 cm³/mol. The van der Waals surface area contributed by atoms with Crippen LogP contribution in [0.25, 0.3) is 0 Å². The fourth-order valence-electron chi connectivity index (χ4n) is 2.40. The quantitative estimate of drug-likeness (QED) is 0.580. The zero-order chi connectivity index (χ0) is 8.39. The highest BCUT2D eigenvalue weighted by Gasteiger charge is 2.30. The first-order valence-electron chi connectivity index (χ1n) is 4.80. The zero-order valence-electron chi connectivity index (χ0n) is 7.34. The summed E-state index contributed by atoms with van der Waals surface area (Å²) in [5, 5.41) is 3.44. The molecule has 0 aromatic heterocycles. The van der Waals surface area contributed by atoms with Gasteiger partial charge in [-0.15, -0.1) is 12.3 Å². The van der Waals surface area contributed by atoms with E-state index in [0.717, 1.165) is 12.3 Å². The summed E-state index contributed by atoms with van der Waals surface area (Å²) in [6, 6.07) is 0.710. The standard InChI is InChI=1S/C11H15N/c1-2-5-9-8-12-11-7-4-3-6-10(9)11/h1,8,10-12H,3-7H2/t10-,11?/m1/s1. The Balaban J connectivity index is 2.04. The highest BCUT2D eigenvalue weighted by Crippen LogP contribution is 2.34. The minimum absolute atomic E-state index is 0.710. The Morgan fingerprint density at radius 1 is 1.50 bits per heavy atom. The molecule has 2 atom stereocenters. The van der Waals surface area contributed by atoms with Gasteiger partial charge in [0.05, 0.1) is 0 Å². The van der Waals surface area contributed by atoms with Crippen LogP contribution in [0.3, 0.4) is 0 Å². The summed E-state index contributed by atoms with van der Waals surface area (Å²) >= 11 is 0. The van der Waals surface area contributed by atoms with E-state index in [1.165, 1.54) is 31.3 Å². The van der Waals surface area contributed by atoms with Crippen LogP contribution in [0.15, 0.2) is 11.8 Å². The first-order valence-corrected chi connectivity index (χ1v) is 4.80. The van der Waals surface area contributed by atoms with Crippen molar-refractivity contribution in [2.75, 3.05) is 0 Å². The number of nitrogens with one attached hydrogen (secondary N) is 1. The molecular weight excluding hydrogens is 146 g/mol. The molecule has 12 heavy (non-hydrogen) atoms. The van der Waals surface area contributed by atoms with E-state index >= 15 is 0 Å². The molecule has 1 aliphatic carbocycles. The van der Waals surface area contributed by atoms with E-state index in [1.54, 1.807) is 0 Å². The van der Waals surface area contributed by atoms with Gasteiger partial charge in [0.25, 0.3) is 0 Å². The average Bonchev–Trinajstić information content (AvgIpc) is 2.50. The molecule has 2 aliphatic rings. The fourth-order valence-corrected chi connectivity index (χ4v) is 2.40. The van der Waals surface area contributed by atoms with Crippen molar-refractivity contribution in [1.29, 1.82) is 0 Å². The molecule has 0 aromatic rings. The van der Waals surface area contributed by atoms with Gasteiger partial charge in [-0.2, -0.15) is 0 Å². The summed E-state index contributed by atoms with van der Waals surface area (Å²) < 4.78 is 0. The Hall–Kier alpha value is -0.900. The van der Waals surface area contributed by atoms with Gasteiger partial charge in [-0.25, -0.2) is 0 Å². The van der Waals surface area contributed by atoms with E-state index in [9.17, 15) is 0 Å². The first-order chi connectivity index (χ1) is 5.92. The van der Waals surface area contributed by atoms with Crippen LogP contribution in [-0.2, 0) is 0 Å². The second-order valence-corrected chi connectivity index (χ2v) is 3.76. The van der Waals surface area contributed by atoms with Crippen LogP contribution in [-0.4, -0.2) is 6.04 Å². The minimum atomic E-state index is 0.710. The van der Waals surface area contributed by atoms with Crippen molar-refractivity contribution in [2.24, 2.45) is 5.92 Å². The lowest BCUT2D eigenvalue weighted by molar-refractivity contribution is 0.340. The molecule has 1 fully saturated rings. The summed E-state index contributed by atoms with van der Waals surface area (Å²) in [6.45, 7) is 0. The van der Waals surface area contributed by atoms with Gasteiger partial charge in [0.1, 0.15) is 0 Å². The van der Waals surface area contributed by atoms with Crippen molar-refractivity contribution in [3.63, 3.8) is 0 Å². The minimum Gasteiger partial charge on any atom is -0.388 e. The molecule has 1 heteroatoms. The van der Waals surface area contributed by atoms with Crippen molar-refractivity contribution >= 4 is 0 Å². The Morgan fingerprint density at radius 3 is 3.17 bits per heavy atom. The predicted octanol–water partition coefficient (Wildman–Crippen LogP) is 2.06. The van der Waals surface area contributed by atoms with Crippen LogP contribution in [0.1, 0.15) is 32.1 Å². The van der Waals surface area contributed by atoms with Crippen LogP contribution in [0, 0.1) is 18.3 Å². The summed E-state index contributed by atoms with van der Waals surface area (Å²) in [6.07, 6.45) is 13.7. The Kier molecular flexibility index (Phi) is 2.08. The molecule has 1 aliphatic heterocycles. The third-order valence-electron chi connectivity index (χ3n) is 3.03. The second-order valence-electron chi connectivity index (χ2n) is 3.76. The molecule has 1 heterocycles. The maximum Gasteiger partial charge on any atom is 0.0322 e. The molecule has 1 nitrogen and oxygen atoms in total. The summed E-state index contributed by atoms with van der Waals surface area (Å²) in [7, 11) is 0. The average molecular weight is 161 g/mol. The monoisotopic (exact) mass is 161 g/mol. The number of terminal acetylenes is 1. The summed E-state index contributed by atoms with van der Waals surface area (Å²) in [5.41, 5.74) is 1.46. The Bertz CT molecular complexity index is 234. The van der Waals surface area contributed by atoms with Crippen LogP contribution in [0.5, 0.6) is 0 Å².